The summed E-state index contributed by atoms with van der Waals surface area (Å²) in [4.78, 5) is 20.7. The fraction of sp³-hybridized carbons (Fsp3) is 0.273. The van der Waals surface area contributed by atoms with Crippen molar-refractivity contribution in [1.29, 1.82) is 0 Å². The van der Waals surface area contributed by atoms with Crippen LogP contribution in [0.1, 0.15) is 31.9 Å². The van der Waals surface area contributed by atoms with Gasteiger partial charge < -0.3 is 15.0 Å². The zero-order chi connectivity index (χ0) is 23.3. The molecule has 0 saturated heterocycles. The molecule has 0 fully saturated rings. The molecule has 0 saturated carbocycles. The highest BCUT2D eigenvalue weighted by atomic mass is 35.5. The molecule has 0 bridgehead atoms. The monoisotopic (exact) mass is 455 g/mol. The number of nitrogens with two attached hydrogens (primary N) is 2. The number of halogens is 1. The van der Waals surface area contributed by atoms with Crippen LogP contribution < -0.4 is 11.6 Å². The third-order valence-corrected chi connectivity index (χ3v) is 4.81. The molecule has 0 aliphatic carbocycles. The summed E-state index contributed by atoms with van der Waals surface area (Å²) in [7, 11) is 0. The normalized spacial score (nSPS) is 12.0. The van der Waals surface area contributed by atoms with Gasteiger partial charge in [0.2, 0.25) is 0 Å². The number of hydrogen-bond acceptors (Lipinski definition) is 7. The minimum atomic E-state index is -0.634. The number of benzene rings is 1. The minimum absolute atomic E-state index is 0.151. The number of imidazole rings is 1. The zero-order valence-electron chi connectivity index (χ0n) is 18.2. The molecule has 9 nitrogen and oxygen atoms in total. The Balaban J connectivity index is 1.70. The number of hydrazine groups is 1. The number of esters is 1. The number of ether oxygens (including phenoxy) is 1. The lowest BCUT2D eigenvalue weighted by Gasteiger charge is -2.19. The molecule has 168 valence electrons. The Bertz CT molecular complexity index is 1120. The Morgan fingerprint density at radius 2 is 1.97 bits per heavy atom. The number of carbonyl (C=O) groups is 1. The van der Waals surface area contributed by atoms with Crippen molar-refractivity contribution >= 4 is 23.4 Å². The molecular formula is C22H26ClN7O2. The van der Waals surface area contributed by atoms with E-state index < -0.39 is 5.41 Å². The SMILES string of the molecule is CC(C)(C)C(=O)OCN(N)/N=C(\N)c1ccnc(-c2cn(Cc3ccccc3Cl)cn2)c1. The minimum Gasteiger partial charge on any atom is -0.441 e. The van der Waals surface area contributed by atoms with Gasteiger partial charge in [0.05, 0.1) is 17.4 Å². The van der Waals surface area contributed by atoms with Crippen LogP contribution in [0.25, 0.3) is 11.4 Å². The first-order valence-electron chi connectivity index (χ1n) is 9.89. The quantitative estimate of drug-likeness (QED) is 0.140. The van der Waals surface area contributed by atoms with Crippen LogP contribution in [0.4, 0.5) is 0 Å². The van der Waals surface area contributed by atoms with Crippen molar-refractivity contribution in [2.45, 2.75) is 27.3 Å². The topological polar surface area (TPSA) is 125 Å². The highest BCUT2D eigenvalue weighted by molar-refractivity contribution is 6.31. The molecule has 2 heterocycles. The molecule has 0 amide bonds. The summed E-state index contributed by atoms with van der Waals surface area (Å²) in [6.07, 6.45) is 5.21. The molecule has 2 aromatic heterocycles. The van der Waals surface area contributed by atoms with E-state index in [4.69, 9.17) is 27.9 Å². The Hall–Kier alpha value is -3.43. The molecule has 1 aromatic carbocycles. The molecule has 3 aromatic rings. The van der Waals surface area contributed by atoms with E-state index in [9.17, 15) is 4.79 Å². The second-order valence-electron chi connectivity index (χ2n) is 8.19. The van der Waals surface area contributed by atoms with Crippen molar-refractivity contribution in [2.24, 2.45) is 22.1 Å². The molecule has 0 unspecified atom stereocenters. The molecule has 0 atom stereocenters. The number of aromatic nitrogens is 3. The van der Waals surface area contributed by atoms with Gasteiger partial charge in [0.25, 0.3) is 0 Å². The van der Waals surface area contributed by atoms with Crippen LogP contribution in [-0.4, -0.2) is 38.2 Å². The highest BCUT2D eigenvalue weighted by Gasteiger charge is 2.23. The largest absolute Gasteiger partial charge is 0.441 e. The van der Waals surface area contributed by atoms with Crippen molar-refractivity contribution in [3.05, 3.63) is 71.3 Å². The van der Waals surface area contributed by atoms with Gasteiger partial charge in [0.1, 0.15) is 5.69 Å². The summed E-state index contributed by atoms with van der Waals surface area (Å²) in [5.41, 5.74) is 8.34. The predicted molar refractivity (Wildman–Crippen MR) is 123 cm³/mol. The van der Waals surface area contributed by atoms with Crippen molar-refractivity contribution in [3.63, 3.8) is 0 Å². The van der Waals surface area contributed by atoms with Crippen LogP contribution in [0.3, 0.4) is 0 Å². The lowest BCUT2D eigenvalue weighted by Crippen LogP contribution is -2.35. The van der Waals surface area contributed by atoms with Crippen molar-refractivity contribution in [2.75, 3.05) is 6.73 Å². The van der Waals surface area contributed by atoms with E-state index in [0.717, 1.165) is 10.7 Å². The molecule has 3 rings (SSSR count). The van der Waals surface area contributed by atoms with Gasteiger partial charge in [-0.05, 0) is 44.5 Å². The van der Waals surface area contributed by atoms with Crippen LogP contribution in [0.2, 0.25) is 5.02 Å². The molecule has 4 N–H and O–H groups in total. The number of carbonyl (C=O) groups excluding carboxylic acids is 1. The number of hydrazone groups is 1. The Kier molecular flexibility index (Phi) is 7.12. The van der Waals surface area contributed by atoms with Gasteiger partial charge in [-0.15, -0.1) is 5.10 Å². The van der Waals surface area contributed by atoms with Gasteiger partial charge in [-0.3, -0.25) is 9.78 Å². The maximum Gasteiger partial charge on any atom is 0.313 e. The summed E-state index contributed by atoms with van der Waals surface area (Å²) in [5.74, 6) is 5.55. The predicted octanol–water partition coefficient (Wildman–Crippen LogP) is 2.99. The molecule has 0 aliphatic heterocycles. The molecular weight excluding hydrogens is 430 g/mol. The van der Waals surface area contributed by atoms with Gasteiger partial charge >= 0.3 is 5.97 Å². The van der Waals surface area contributed by atoms with E-state index in [-0.39, 0.29) is 18.5 Å². The fourth-order valence-corrected chi connectivity index (χ4v) is 2.89. The average molecular weight is 456 g/mol. The van der Waals surface area contributed by atoms with E-state index >= 15 is 0 Å². The third-order valence-electron chi connectivity index (χ3n) is 4.44. The number of nitrogens with zero attached hydrogens (tertiary/aromatic N) is 5. The van der Waals surface area contributed by atoms with Crippen LogP contribution >= 0.6 is 11.6 Å². The van der Waals surface area contributed by atoms with Gasteiger partial charge in [0, 0.05) is 29.5 Å². The Morgan fingerprint density at radius 3 is 2.69 bits per heavy atom. The molecule has 0 radical (unpaired) electrons. The molecule has 32 heavy (non-hydrogen) atoms. The first-order chi connectivity index (χ1) is 15.1. The Labute approximate surface area is 191 Å². The molecule has 0 aliphatic rings. The second-order valence-corrected chi connectivity index (χ2v) is 8.60. The second kappa shape index (κ2) is 9.80. The summed E-state index contributed by atoms with van der Waals surface area (Å²) in [6, 6.07) is 11.1. The standard InChI is InChI=1S/C22H26ClN7O2/c1-22(2,3)21(31)32-14-30(25)28-20(24)15-8-9-26-18(10-15)19-12-29(13-27-19)11-16-6-4-5-7-17(16)23/h4-10,12-13H,11,14,25H2,1-3H3,(H2,24,28). The Morgan fingerprint density at radius 1 is 1.22 bits per heavy atom. The van der Waals surface area contributed by atoms with Crippen LogP contribution in [0, 0.1) is 5.41 Å². The fourth-order valence-electron chi connectivity index (χ4n) is 2.70. The maximum absolute atomic E-state index is 11.9. The zero-order valence-corrected chi connectivity index (χ0v) is 19.0. The lowest BCUT2D eigenvalue weighted by atomic mass is 9.98. The van der Waals surface area contributed by atoms with Crippen LogP contribution in [-0.2, 0) is 16.1 Å². The van der Waals surface area contributed by atoms with Gasteiger partial charge in [-0.2, -0.15) is 5.12 Å². The summed E-state index contributed by atoms with van der Waals surface area (Å²) in [5, 5.41) is 5.74. The summed E-state index contributed by atoms with van der Waals surface area (Å²) >= 11 is 6.24. The van der Waals surface area contributed by atoms with Gasteiger partial charge in [-0.1, -0.05) is 29.8 Å². The van der Waals surface area contributed by atoms with Gasteiger partial charge in [0.15, 0.2) is 12.6 Å². The number of pyridine rings is 1. The molecule has 10 heteroatoms. The smallest absolute Gasteiger partial charge is 0.313 e. The van der Waals surface area contributed by atoms with Crippen molar-refractivity contribution < 1.29 is 9.53 Å². The van der Waals surface area contributed by atoms with E-state index in [1.165, 1.54) is 0 Å². The molecule has 0 spiro atoms. The van der Waals surface area contributed by atoms with Gasteiger partial charge in [-0.25, -0.2) is 10.8 Å². The number of hydrogen-bond donors (Lipinski definition) is 2. The highest BCUT2D eigenvalue weighted by Crippen LogP contribution is 2.19. The van der Waals surface area contributed by atoms with E-state index in [1.807, 2.05) is 35.0 Å². The van der Waals surface area contributed by atoms with E-state index in [0.29, 0.717) is 28.5 Å². The van der Waals surface area contributed by atoms with Crippen molar-refractivity contribution in [3.8, 4) is 11.4 Å². The van der Waals surface area contributed by atoms with E-state index in [2.05, 4.69) is 15.1 Å². The summed E-state index contributed by atoms with van der Waals surface area (Å²) in [6.45, 7) is 5.62. The number of rotatable bonds is 7. The first kappa shape index (κ1) is 23.2. The maximum atomic E-state index is 11.9. The number of amidine groups is 1. The average Bonchev–Trinajstić information content (AvgIpc) is 3.21. The van der Waals surface area contributed by atoms with Crippen LogP contribution in [0.15, 0.2) is 60.2 Å². The van der Waals surface area contributed by atoms with Crippen LogP contribution in [0.5, 0.6) is 0 Å². The summed E-state index contributed by atoms with van der Waals surface area (Å²) < 4.78 is 7.05. The first-order valence-corrected chi connectivity index (χ1v) is 10.3. The van der Waals surface area contributed by atoms with E-state index in [1.54, 1.807) is 45.4 Å². The lowest BCUT2D eigenvalue weighted by molar-refractivity contribution is -0.158. The van der Waals surface area contributed by atoms with Crippen molar-refractivity contribution in [1.82, 2.24) is 19.7 Å². The third kappa shape index (κ3) is 6.05.